The van der Waals surface area contributed by atoms with Crippen LogP contribution in [0.25, 0.3) is 0 Å². The number of pyridine rings is 1. The summed E-state index contributed by atoms with van der Waals surface area (Å²) in [5, 5.41) is 5.02. The van der Waals surface area contributed by atoms with Crippen LogP contribution in [0.3, 0.4) is 0 Å². The van der Waals surface area contributed by atoms with Crippen molar-refractivity contribution in [3.8, 4) is 0 Å². The highest BCUT2D eigenvalue weighted by molar-refractivity contribution is 8.15. The first-order valence-electron chi connectivity index (χ1n) is 4.50. The Hall–Kier alpha value is -1.07. The molecule has 0 fully saturated rings. The Kier molecular flexibility index (Phi) is 2.69. The Labute approximate surface area is 87.0 Å². The molecular weight excluding hydrogens is 196 g/mol. The second kappa shape index (κ2) is 3.98. The predicted molar refractivity (Wildman–Crippen MR) is 58.9 cm³/mol. The molecule has 0 aromatic carbocycles. The van der Waals surface area contributed by atoms with Crippen LogP contribution in [0.15, 0.2) is 23.4 Å². The van der Waals surface area contributed by atoms with E-state index in [1.165, 1.54) is 11.8 Å². The normalized spacial score (nSPS) is 20.4. The maximum Gasteiger partial charge on any atom is 0.144 e. The van der Waals surface area contributed by atoms with Crippen LogP contribution in [-0.4, -0.2) is 15.5 Å². The number of aromatic nitrogens is 1. The van der Waals surface area contributed by atoms with Gasteiger partial charge in [-0.1, -0.05) is 18.7 Å². The zero-order valence-corrected chi connectivity index (χ0v) is 8.71. The Morgan fingerprint density at radius 2 is 2.43 bits per heavy atom. The van der Waals surface area contributed by atoms with Gasteiger partial charge in [0, 0.05) is 17.5 Å². The van der Waals surface area contributed by atoms with E-state index in [2.05, 4.69) is 22.4 Å². The Morgan fingerprint density at radius 1 is 1.57 bits per heavy atom. The summed E-state index contributed by atoms with van der Waals surface area (Å²) in [7, 11) is 0. The van der Waals surface area contributed by atoms with E-state index in [0.717, 1.165) is 22.7 Å². The molecule has 2 heterocycles. The molecule has 3 N–H and O–H groups in total. The van der Waals surface area contributed by atoms with Crippen LogP contribution in [0.5, 0.6) is 0 Å². The van der Waals surface area contributed by atoms with Crippen molar-refractivity contribution in [1.82, 2.24) is 10.4 Å². The first-order chi connectivity index (χ1) is 6.79. The van der Waals surface area contributed by atoms with Crippen LogP contribution < -0.4 is 11.2 Å². The van der Waals surface area contributed by atoms with Gasteiger partial charge in [0.1, 0.15) is 10.5 Å². The highest BCUT2D eigenvalue weighted by Crippen LogP contribution is 2.19. The van der Waals surface area contributed by atoms with Gasteiger partial charge in [-0.05, 0) is 18.6 Å². The monoisotopic (exact) mass is 208 g/mol. The molecule has 0 aliphatic carbocycles. The minimum absolute atomic E-state index is 0.129. The van der Waals surface area contributed by atoms with Gasteiger partial charge in [-0.3, -0.25) is 10.4 Å². The molecule has 2 rings (SSSR count). The van der Waals surface area contributed by atoms with Gasteiger partial charge in [0.25, 0.3) is 0 Å². The standard InChI is InChI=1S/C9H12N4S/c1-2-7-4-3-6(5-11-7)8-12-13-9(10)14-8/h3-5,9,13H,2,10H2,1H3. The molecule has 0 bridgehead atoms. The van der Waals surface area contributed by atoms with E-state index < -0.39 is 0 Å². The summed E-state index contributed by atoms with van der Waals surface area (Å²) in [4.78, 5) is 4.30. The van der Waals surface area contributed by atoms with Crippen molar-refractivity contribution in [2.45, 2.75) is 18.8 Å². The lowest BCUT2D eigenvalue weighted by Gasteiger charge is -2.00. The van der Waals surface area contributed by atoms with E-state index in [-0.39, 0.29) is 5.50 Å². The largest absolute Gasteiger partial charge is 0.301 e. The summed E-state index contributed by atoms with van der Waals surface area (Å²) in [5.41, 5.74) is 10.4. The number of hydrogen-bond acceptors (Lipinski definition) is 5. The molecule has 0 radical (unpaired) electrons. The number of nitrogens with two attached hydrogens (primary N) is 1. The smallest absolute Gasteiger partial charge is 0.144 e. The second-order valence-electron chi connectivity index (χ2n) is 2.98. The SMILES string of the molecule is CCc1ccc(C2=NNC(N)S2)cn1. The fourth-order valence-corrected chi connectivity index (χ4v) is 1.90. The molecule has 0 amide bonds. The van der Waals surface area contributed by atoms with Crippen molar-refractivity contribution < 1.29 is 0 Å². The molecule has 5 heteroatoms. The van der Waals surface area contributed by atoms with Crippen molar-refractivity contribution >= 4 is 16.8 Å². The van der Waals surface area contributed by atoms with Crippen molar-refractivity contribution in [1.29, 1.82) is 0 Å². The Balaban J connectivity index is 2.17. The van der Waals surface area contributed by atoms with Crippen LogP contribution in [0, 0.1) is 0 Å². The van der Waals surface area contributed by atoms with E-state index in [1.54, 1.807) is 0 Å². The summed E-state index contributed by atoms with van der Waals surface area (Å²) in [5.74, 6) is 0. The average Bonchev–Trinajstić information content (AvgIpc) is 2.65. The third-order valence-corrected chi connectivity index (χ3v) is 2.88. The second-order valence-corrected chi connectivity index (χ2v) is 4.11. The topological polar surface area (TPSA) is 63.3 Å². The van der Waals surface area contributed by atoms with Crippen molar-refractivity contribution in [2.24, 2.45) is 10.8 Å². The molecule has 14 heavy (non-hydrogen) atoms. The summed E-state index contributed by atoms with van der Waals surface area (Å²) in [6.45, 7) is 2.08. The van der Waals surface area contributed by atoms with Gasteiger partial charge in [-0.2, -0.15) is 5.10 Å². The molecule has 1 aliphatic rings. The third kappa shape index (κ3) is 1.88. The summed E-state index contributed by atoms with van der Waals surface area (Å²) in [6.07, 6.45) is 2.79. The number of hydrogen-bond donors (Lipinski definition) is 2. The van der Waals surface area contributed by atoms with E-state index in [1.807, 2.05) is 18.3 Å². The van der Waals surface area contributed by atoms with Gasteiger partial charge < -0.3 is 5.73 Å². The minimum Gasteiger partial charge on any atom is -0.301 e. The van der Waals surface area contributed by atoms with Gasteiger partial charge >= 0.3 is 0 Å². The van der Waals surface area contributed by atoms with Gasteiger partial charge in [0.05, 0.1) is 0 Å². The molecule has 0 saturated carbocycles. The predicted octanol–water partition coefficient (Wildman–Crippen LogP) is 0.884. The fourth-order valence-electron chi connectivity index (χ4n) is 1.19. The van der Waals surface area contributed by atoms with Gasteiger partial charge in [-0.25, -0.2) is 0 Å². The zero-order valence-electron chi connectivity index (χ0n) is 7.90. The van der Waals surface area contributed by atoms with Crippen LogP contribution in [-0.2, 0) is 6.42 Å². The minimum atomic E-state index is -0.129. The van der Waals surface area contributed by atoms with Gasteiger partial charge in [0.15, 0.2) is 0 Å². The summed E-state index contributed by atoms with van der Waals surface area (Å²) >= 11 is 1.51. The van der Waals surface area contributed by atoms with E-state index >= 15 is 0 Å². The van der Waals surface area contributed by atoms with Crippen molar-refractivity contribution in [2.75, 3.05) is 0 Å². The van der Waals surface area contributed by atoms with Crippen LogP contribution in [0.2, 0.25) is 0 Å². The van der Waals surface area contributed by atoms with Crippen molar-refractivity contribution in [3.05, 3.63) is 29.6 Å². The van der Waals surface area contributed by atoms with Crippen LogP contribution in [0.4, 0.5) is 0 Å². The highest BCUT2D eigenvalue weighted by atomic mass is 32.2. The molecule has 1 unspecified atom stereocenters. The first-order valence-corrected chi connectivity index (χ1v) is 5.38. The molecule has 1 aromatic heterocycles. The fraction of sp³-hybridized carbons (Fsp3) is 0.333. The summed E-state index contributed by atoms with van der Waals surface area (Å²) in [6, 6.07) is 4.04. The quantitative estimate of drug-likeness (QED) is 0.757. The molecule has 1 aromatic rings. The van der Waals surface area contributed by atoms with E-state index in [9.17, 15) is 0 Å². The third-order valence-electron chi connectivity index (χ3n) is 1.97. The van der Waals surface area contributed by atoms with Crippen LogP contribution in [0.1, 0.15) is 18.2 Å². The number of nitrogens with zero attached hydrogens (tertiary/aromatic N) is 2. The first kappa shape index (κ1) is 9.48. The Bertz CT molecular complexity index is 346. The number of nitrogens with one attached hydrogen (secondary N) is 1. The average molecular weight is 208 g/mol. The molecular formula is C9H12N4S. The summed E-state index contributed by atoms with van der Waals surface area (Å²) < 4.78 is 0. The lowest BCUT2D eigenvalue weighted by Crippen LogP contribution is -2.25. The van der Waals surface area contributed by atoms with Crippen molar-refractivity contribution in [3.63, 3.8) is 0 Å². The molecule has 1 aliphatic heterocycles. The zero-order chi connectivity index (χ0) is 9.97. The molecule has 4 nitrogen and oxygen atoms in total. The number of hydrazone groups is 1. The maximum atomic E-state index is 5.64. The lowest BCUT2D eigenvalue weighted by molar-refractivity contribution is 0.729. The van der Waals surface area contributed by atoms with Crippen LogP contribution >= 0.6 is 11.8 Å². The number of thioether (sulfide) groups is 1. The molecule has 0 saturated heterocycles. The lowest BCUT2D eigenvalue weighted by atomic mass is 10.2. The molecule has 0 spiro atoms. The van der Waals surface area contributed by atoms with E-state index in [4.69, 9.17) is 5.73 Å². The molecule has 1 atom stereocenters. The number of aryl methyl sites for hydroxylation is 1. The van der Waals surface area contributed by atoms with E-state index in [0.29, 0.717) is 0 Å². The number of rotatable bonds is 2. The Morgan fingerprint density at radius 3 is 2.93 bits per heavy atom. The molecule has 74 valence electrons. The maximum absolute atomic E-state index is 5.64. The van der Waals surface area contributed by atoms with Gasteiger partial charge in [-0.15, -0.1) is 0 Å². The van der Waals surface area contributed by atoms with Gasteiger partial charge in [0.2, 0.25) is 0 Å². The highest BCUT2D eigenvalue weighted by Gasteiger charge is 2.16.